The molecule has 0 aliphatic heterocycles. The molecule has 0 saturated heterocycles. The summed E-state index contributed by atoms with van der Waals surface area (Å²) in [5, 5.41) is 5.95. The van der Waals surface area contributed by atoms with Gasteiger partial charge in [-0.3, -0.25) is 4.79 Å². The Balaban J connectivity index is 1.62. The molecule has 1 aromatic heterocycles. The third-order valence-corrected chi connectivity index (χ3v) is 4.11. The molecule has 0 aliphatic carbocycles. The van der Waals surface area contributed by atoms with Crippen molar-refractivity contribution in [2.24, 2.45) is 0 Å². The summed E-state index contributed by atoms with van der Waals surface area (Å²) >= 11 is 0. The van der Waals surface area contributed by atoms with Crippen LogP contribution in [0, 0.1) is 13.8 Å². The zero-order valence-electron chi connectivity index (χ0n) is 17.4. The van der Waals surface area contributed by atoms with E-state index < -0.39 is 5.97 Å². The molecule has 0 bridgehead atoms. The molecular formula is C23H24N4O3. The monoisotopic (exact) mass is 404 g/mol. The van der Waals surface area contributed by atoms with E-state index in [1.54, 1.807) is 62.4 Å². The fourth-order valence-corrected chi connectivity index (χ4v) is 2.79. The molecule has 0 atom stereocenters. The van der Waals surface area contributed by atoms with Gasteiger partial charge in [0.1, 0.15) is 0 Å². The summed E-state index contributed by atoms with van der Waals surface area (Å²) in [4.78, 5) is 33.1. The Labute approximate surface area is 175 Å². The third kappa shape index (κ3) is 5.64. The van der Waals surface area contributed by atoms with Crippen molar-refractivity contribution >= 4 is 29.2 Å². The molecule has 7 heteroatoms. The van der Waals surface area contributed by atoms with Crippen molar-refractivity contribution in [1.82, 2.24) is 9.97 Å². The van der Waals surface area contributed by atoms with Gasteiger partial charge < -0.3 is 15.4 Å². The summed E-state index contributed by atoms with van der Waals surface area (Å²) in [6, 6.07) is 15.5. The van der Waals surface area contributed by atoms with Crippen LogP contribution in [0.25, 0.3) is 0 Å². The number of rotatable bonds is 6. The van der Waals surface area contributed by atoms with Crippen LogP contribution in [0.4, 0.5) is 17.3 Å². The van der Waals surface area contributed by atoms with Crippen LogP contribution in [0.5, 0.6) is 0 Å². The lowest BCUT2D eigenvalue weighted by molar-refractivity contribution is 0.0378. The molecule has 154 valence electrons. The van der Waals surface area contributed by atoms with Gasteiger partial charge in [0, 0.05) is 28.3 Å². The highest BCUT2D eigenvalue weighted by Crippen LogP contribution is 2.17. The molecule has 1 amide bonds. The highest BCUT2D eigenvalue weighted by molar-refractivity contribution is 6.04. The van der Waals surface area contributed by atoms with Crippen LogP contribution in [0.2, 0.25) is 0 Å². The van der Waals surface area contributed by atoms with Gasteiger partial charge in [-0.25, -0.2) is 14.8 Å². The predicted molar refractivity (Wildman–Crippen MR) is 116 cm³/mol. The van der Waals surface area contributed by atoms with Gasteiger partial charge in [0.05, 0.1) is 11.7 Å². The van der Waals surface area contributed by atoms with E-state index in [2.05, 4.69) is 20.6 Å². The molecule has 3 aromatic rings. The number of benzene rings is 2. The summed E-state index contributed by atoms with van der Waals surface area (Å²) < 4.78 is 5.15. The second kappa shape index (κ2) is 9.17. The van der Waals surface area contributed by atoms with Crippen molar-refractivity contribution < 1.29 is 14.3 Å². The van der Waals surface area contributed by atoms with Crippen LogP contribution in [0.15, 0.2) is 54.6 Å². The van der Waals surface area contributed by atoms with E-state index in [0.29, 0.717) is 22.8 Å². The number of carbonyl (C=O) groups excluding carboxylic acids is 2. The summed E-state index contributed by atoms with van der Waals surface area (Å²) in [7, 11) is 0. The van der Waals surface area contributed by atoms with Gasteiger partial charge in [-0.05, 0) is 82.3 Å². The lowest BCUT2D eigenvalue weighted by atomic mass is 10.1. The van der Waals surface area contributed by atoms with Crippen molar-refractivity contribution in [2.75, 3.05) is 10.6 Å². The zero-order chi connectivity index (χ0) is 21.7. The first-order valence-electron chi connectivity index (χ1n) is 9.62. The van der Waals surface area contributed by atoms with Gasteiger partial charge in [0.2, 0.25) is 5.95 Å². The van der Waals surface area contributed by atoms with Gasteiger partial charge in [-0.15, -0.1) is 0 Å². The van der Waals surface area contributed by atoms with Crippen LogP contribution >= 0.6 is 0 Å². The average molecular weight is 404 g/mol. The fourth-order valence-electron chi connectivity index (χ4n) is 2.79. The number of nitrogens with one attached hydrogen (secondary N) is 2. The van der Waals surface area contributed by atoms with Gasteiger partial charge in [-0.1, -0.05) is 0 Å². The Hall–Kier alpha value is -3.74. The van der Waals surface area contributed by atoms with E-state index in [0.717, 1.165) is 17.1 Å². The SMILES string of the molecule is Cc1cc(C)nc(Nc2ccc(C(=O)Nc3ccc(C(=O)OC(C)C)cc3)cc2)n1. The number of esters is 1. The van der Waals surface area contributed by atoms with Gasteiger partial charge in [-0.2, -0.15) is 0 Å². The molecule has 1 heterocycles. The van der Waals surface area contributed by atoms with Crippen molar-refractivity contribution in [2.45, 2.75) is 33.8 Å². The summed E-state index contributed by atoms with van der Waals surface area (Å²) in [6.07, 6.45) is -0.184. The summed E-state index contributed by atoms with van der Waals surface area (Å²) in [6.45, 7) is 7.41. The first-order valence-corrected chi connectivity index (χ1v) is 9.62. The maximum atomic E-state index is 12.5. The van der Waals surface area contributed by atoms with E-state index in [1.165, 1.54) is 0 Å². The normalized spacial score (nSPS) is 10.6. The maximum absolute atomic E-state index is 12.5. The number of aryl methyl sites for hydroxylation is 2. The molecule has 0 spiro atoms. The Morgan fingerprint density at radius 2 is 1.37 bits per heavy atom. The molecule has 0 aliphatic rings. The van der Waals surface area contributed by atoms with Crippen molar-refractivity contribution in [3.8, 4) is 0 Å². The Kier molecular flexibility index (Phi) is 6.41. The Morgan fingerprint density at radius 1 is 0.833 bits per heavy atom. The largest absolute Gasteiger partial charge is 0.459 e. The van der Waals surface area contributed by atoms with Gasteiger partial charge in [0.15, 0.2) is 0 Å². The highest BCUT2D eigenvalue weighted by atomic mass is 16.5. The zero-order valence-corrected chi connectivity index (χ0v) is 17.4. The smallest absolute Gasteiger partial charge is 0.338 e. The number of amides is 1. The summed E-state index contributed by atoms with van der Waals surface area (Å²) in [5.41, 5.74) is 4.07. The van der Waals surface area contributed by atoms with Crippen LogP contribution in [-0.2, 0) is 4.74 Å². The van der Waals surface area contributed by atoms with E-state index in [4.69, 9.17) is 4.74 Å². The molecule has 2 aromatic carbocycles. The lowest BCUT2D eigenvalue weighted by Gasteiger charge is -2.10. The molecule has 30 heavy (non-hydrogen) atoms. The van der Waals surface area contributed by atoms with Crippen LogP contribution < -0.4 is 10.6 Å². The van der Waals surface area contributed by atoms with Crippen molar-refractivity contribution in [1.29, 1.82) is 0 Å². The standard InChI is InChI=1S/C23H24N4O3/c1-14(2)30-22(29)18-7-11-19(12-8-18)26-21(28)17-5-9-20(10-6-17)27-23-24-15(3)13-16(4)25-23/h5-14H,1-4H3,(H,26,28)(H,24,25,27). The molecule has 7 nitrogen and oxygen atoms in total. The molecule has 0 unspecified atom stereocenters. The summed E-state index contributed by atoms with van der Waals surface area (Å²) in [5.74, 6) is -0.124. The Bertz CT molecular complexity index is 1020. The van der Waals surface area contributed by atoms with E-state index in [1.807, 2.05) is 19.9 Å². The Morgan fingerprint density at radius 3 is 1.93 bits per heavy atom. The first kappa shape index (κ1) is 21.0. The second-order valence-corrected chi connectivity index (χ2v) is 7.16. The van der Waals surface area contributed by atoms with Crippen LogP contribution in [0.3, 0.4) is 0 Å². The van der Waals surface area contributed by atoms with Crippen LogP contribution in [0.1, 0.15) is 46.0 Å². The fraction of sp³-hybridized carbons (Fsp3) is 0.217. The number of aromatic nitrogens is 2. The maximum Gasteiger partial charge on any atom is 0.338 e. The predicted octanol–water partition coefficient (Wildman–Crippen LogP) is 4.65. The molecule has 2 N–H and O–H groups in total. The minimum atomic E-state index is -0.390. The third-order valence-electron chi connectivity index (χ3n) is 4.11. The molecule has 3 rings (SSSR count). The minimum Gasteiger partial charge on any atom is -0.459 e. The van der Waals surface area contributed by atoms with Crippen molar-refractivity contribution in [3.05, 3.63) is 77.1 Å². The van der Waals surface area contributed by atoms with Gasteiger partial charge in [0.25, 0.3) is 5.91 Å². The molecule has 0 saturated carbocycles. The number of ether oxygens (including phenoxy) is 1. The highest BCUT2D eigenvalue weighted by Gasteiger charge is 2.11. The topological polar surface area (TPSA) is 93.2 Å². The second-order valence-electron chi connectivity index (χ2n) is 7.16. The number of anilines is 3. The molecule has 0 fully saturated rings. The average Bonchev–Trinajstić information content (AvgIpc) is 2.67. The number of nitrogens with zero attached hydrogens (tertiary/aromatic N) is 2. The first-order chi connectivity index (χ1) is 14.3. The lowest BCUT2D eigenvalue weighted by Crippen LogP contribution is -2.13. The van der Waals surface area contributed by atoms with E-state index in [-0.39, 0.29) is 12.0 Å². The molecular weight excluding hydrogens is 380 g/mol. The number of carbonyl (C=O) groups is 2. The van der Waals surface area contributed by atoms with E-state index >= 15 is 0 Å². The molecule has 0 radical (unpaired) electrons. The van der Waals surface area contributed by atoms with Crippen LogP contribution in [-0.4, -0.2) is 27.9 Å². The van der Waals surface area contributed by atoms with Crippen molar-refractivity contribution in [3.63, 3.8) is 0 Å². The van der Waals surface area contributed by atoms with Gasteiger partial charge >= 0.3 is 5.97 Å². The quantitative estimate of drug-likeness (QED) is 0.581. The number of hydrogen-bond donors (Lipinski definition) is 2. The van der Waals surface area contributed by atoms with E-state index in [9.17, 15) is 9.59 Å². The minimum absolute atomic E-state index is 0.184. The number of hydrogen-bond acceptors (Lipinski definition) is 6.